The van der Waals surface area contributed by atoms with E-state index in [0.717, 1.165) is 0 Å². The molecule has 1 amide bonds. The summed E-state index contributed by atoms with van der Waals surface area (Å²) in [5, 5.41) is 39.5. The van der Waals surface area contributed by atoms with Gasteiger partial charge in [0.15, 0.2) is 23.6 Å². The number of furan rings is 1. The maximum Gasteiger partial charge on any atom is 0.407 e. The molecule has 62 heavy (non-hydrogen) atoms. The van der Waals surface area contributed by atoms with Crippen LogP contribution in [-0.4, -0.2) is 106 Å². The van der Waals surface area contributed by atoms with Crippen molar-refractivity contribution < 1.29 is 72.1 Å². The van der Waals surface area contributed by atoms with Crippen molar-refractivity contribution in [1.29, 1.82) is 0 Å². The highest BCUT2D eigenvalue weighted by molar-refractivity contribution is 5.93. The van der Waals surface area contributed by atoms with Crippen LogP contribution in [0.4, 0.5) is 4.79 Å². The van der Waals surface area contributed by atoms with Gasteiger partial charge in [0.25, 0.3) is 0 Å². The second kappa shape index (κ2) is 17.2. The number of ether oxygens (including phenoxy) is 6. The van der Waals surface area contributed by atoms with Crippen LogP contribution in [0.15, 0.2) is 64.3 Å². The van der Waals surface area contributed by atoms with Gasteiger partial charge in [-0.25, -0.2) is 9.59 Å². The van der Waals surface area contributed by atoms with Crippen molar-refractivity contribution in [1.82, 2.24) is 5.32 Å². The number of hydrogen-bond donors (Lipinski definition) is 4. The molecule has 7 rings (SSSR count). The normalized spacial score (nSPS) is 33.6. The molecule has 0 radical (unpaired) electrons. The SMILES string of the molecule is CC(=O)O[C@@]12CO[C@@H]1C[C@H](O)CC21[C@H](C)C(=O)[C@H](OC(=O)C2CC2)C2=C(C)[C@@H](OC(=O)[C@H](O)[C@@H](NC(=O)OCC(C)C)c3ccco3)C[C@@](OCc3ccccc3)([C@H]1O)C2(C)C. The van der Waals surface area contributed by atoms with Gasteiger partial charge in [-0.05, 0) is 60.9 Å². The minimum atomic E-state index is -2.07. The number of benzene rings is 1. The predicted octanol–water partition coefficient (Wildman–Crippen LogP) is 4.42. The Balaban J connectivity index is 1.39. The molecule has 2 aromatic rings. The summed E-state index contributed by atoms with van der Waals surface area (Å²) in [6, 6.07) is 10.6. The molecule has 1 saturated heterocycles. The number of ketones is 1. The van der Waals surface area contributed by atoms with E-state index < -0.39 is 106 Å². The lowest BCUT2D eigenvalue weighted by Gasteiger charge is -2.70. The van der Waals surface area contributed by atoms with Gasteiger partial charge in [0.1, 0.15) is 29.6 Å². The van der Waals surface area contributed by atoms with E-state index in [1.165, 1.54) is 25.3 Å². The quantitative estimate of drug-likeness (QED) is 0.124. The number of nitrogens with one attached hydrogen (secondary N) is 1. The molecule has 16 nitrogen and oxygen atoms in total. The fraction of sp³-hybridized carbons (Fsp3) is 0.630. The van der Waals surface area contributed by atoms with Crippen LogP contribution in [-0.2, 0) is 54.2 Å². The first kappa shape index (κ1) is 45.4. The van der Waals surface area contributed by atoms with Crippen molar-refractivity contribution >= 4 is 29.8 Å². The molecule has 4 N–H and O–H groups in total. The zero-order valence-electron chi connectivity index (χ0n) is 36.3. The van der Waals surface area contributed by atoms with Gasteiger partial charge in [-0.3, -0.25) is 14.4 Å². The van der Waals surface area contributed by atoms with E-state index >= 15 is 4.79 Å². The third kappa shape index (κ3) is 7.75. The first-order chi connectivity index (χ1) is 29.3. The second-order valence-electron chi connectivity index (χ2n) is 18.6. The molecule has 1 aromatic carbocycles. The lowest BCUT2D eigenvalue weighted by Crippen LogP contribution is -2.83. The minimum absolute atomic E-state index is 0.00589. The molecule has 338 valence electrons. The van der Waals surface area contributed by atoms with Crippen LogP contribution in [0.5, 0.6) is 0 Å². The van der Waals surface area contributed by atoms with E-state index in [-0.39, 0.29) is 56.3 Å². The summed E-state index contributed by atoms with van der Waals surface area (Å²) >= 11 is 0. The predicted molar refractivity (Wildman–Crippen MR) is 216 cm³/mol. The number of aliphatic hydroxyl groups excluding tert-OH is 3. The van der Waals surface area contributed by atoms with Crippen molar-refractivity contribution in [3.05, 3.63) is 71.2 Å². The highest BCUT2D eigenvalue weighted by atomic mass is 16.6. The molecule has 2 heterocycles. The topological polar surface area (TPSA) is 227 Å². The third-order valence-electron chi connectivity index (χ3n) is 13.9. The summed E-state index contributed by atoms with van der Waals surface area (Å²) < 4.78 is 42.5. The van der Waals surface area contributed by atoms with Crippen LogP contribution in [0, 0.1) is 28.6 Å². The van der Waals surface area contributed by atoms with Crippen molar-refractivity contribution in [2.24, 2.45) is 28.6 Å². The number of esters is 3. The number of amides is 1. The fourth-order valence-electron chi connectivity index (χ4n) is 10.5. The lowest BCUT2D eigenvalue weighted by atomic mass is 9.43. The summed E-state index contributed by atoms with van der Waals surface area (Å²) in [6.07, 6.45) is -7.84. The zero-order chi connectivity index (χ0) is 44.9. The number of fused-ring (bicyclic) bond motifs is 4. The molecular formula is C46H59NO15. The Morgan fingerprint density at radius 1 is 0.984 bits per heavy atom. The zero-order valence-corrected chi connectivity index (χ0v) is 36.3. The Bertz CT molecular complexity index is 2040. The van der Waals surface area contributed by atoms with Crippen LogP contribution in [0.3, 0.4) is 0 Å². The Morgan fingerprint density at radius 2 is 1.69 bits per heavy atom. The Hall–Kier alpha value is -4.61. The number of Topliss-reactive ketones (excluding diaryl/α,β-unsaturated/α-hetero) is 1. The van der Waals surface area contributed by atoms with Gasteiger partial charge in [-0.15, -0.1) is 0 Å². The average molecular weight is 866 g/mol. The Labute approximate surface area is 360 Å². The Morgan fingerprint density at radius 3 is 2.29 bits per heavy atom. The smallest absolute Gasteiger partial charge is 0.407 e. The standard InChI is InChI=1S/C46H59NO15/c1-24(2)21-57-42(55)47-35(31-14-11-17-56-31)37(51)40(53)60-32-20-45(59-22-28-12-9-8-10-13-28)41(54)44(19-30(49)18-33-46(44,23-58-33)62-27(5)48)26(4)36(50)38(61-39(52)29-15-16-29)34(25(32)3)43(45,6)7/h8-14,17,24,26,29-30,32-33,35,37-38,41,49,51,54H,15-16,18-23H2,1-7H3,(H,47,55)/t26-,30+,32+,33-,35+,37-,38-,41+,44?,45-,46+/m1/s1. The van der Waals surface area contributed by atoms with E-state index in [9.17, 15) is 34.5 Å². The maximum atomic E-state index is 15.4. The molecule has 2 bridgehead atoms. The molecule has 1 spiro atoms. The molecule has 4 fully saturated rings. The van der Waals surface area contributed by atoms with E-state index in [4.69, 9.17) is 32.8 Å². The average Bonchev–Trinajstić information content (AvgIpc) is 3.94. The lowest BCUT2D eigenvalue weighted by molar-refractivity contribution is -0.370. The third-order valence-corrected chi connectivity index (χ3v) is 13.9. The van der Waals surface area contributed by atoms with Crippen molar-refractivity contribution in [2.75, 3.05) is 13.2 Å². The summed E-state index contributed by atoms with van der Waals surface area (Å²) in [5.41, 5.74) is -5.55. The number of hydrogen-bond acceptors (Lipinski definition) is 15. The van der Waals surface area contributed by atoms with Gasteiger partial charge in [-0.1, -0.05) is 65.0 Å². The number of alkyl carbamates (subject to hydrolysis) is 1. The molecule has 1 aromatic heterocycles. The van der Waals surface area contributed by atoms with Gasteiger partial charge in [0.05, 0.1) is 49.6 Å². The molecule has 1 unspecified atom stereocenters. The van der Waals surface area contributed by atoms with Crippen molar-refractivity contribution in [2.45, 2.75) is 141 Å². The fourth-order valence-corrected chi connectivity index (χ4v) is 10.5. The van der Waals surface area contributed by atoms with Crippen LogP contribution >= 0.6 is 0 Å². The molecule has 11 atom stereocenters. The van der Waals surface area contributed by atoms with Gasteiger partial charge >= 0.3 is 24.0 Å². The number of carbonyl (C=O) groups excluding carboxylic acids is 5. The largest absolute Gasteiger partial charge is 0.467 e. The summed E-state index contributed by atoms with van der Waals surface area (Å²) in [4.78, 5) is 69.5. The minimum Gasteiger partial charge on any atom is -0.467 e. The number of aliphatic hydroxyl groups is 3. The van der Waals surface area contributed by atoms with Gasteiger partial charge < -0.3 is 53.5 Å². The highest BCUT2D eigenvalue weighted by Gasteiger charge is 2.79. The van der Waals surface area contributed by atoms with E-state index in [1.54, 1.807) is 27.7 Å². The summed E-state index contributed by atoms with van der Waals surface area (Å²) in [5.74, 6) is -4.81. The van der Waals surface area contributed by atoms with Crippen LogP contribution in [0.25, 0.3) is 0 Å². The monoisotopic (exact) mass is 865 g/mol. The van der Waals surface area contributed by atoms with Gasteiger partial charge in [-0.2, -0.15) is 0 Å². The van der Waals surface area contributed by atoms with E-state index in [0.29, 0.717) is 24.0 Å². The van der Waals surface area contributed by atoms with Gasteiger partial charge in [0, 0.05) is 31.1 Å². The molecule has 4 aliphatic carbocycles. The summed E-state index contributed by atoms with van der Waals surface area (Å²) in [7, 11) is 0. The molecule has 16 heteroatoms. The van der Waals surface area contributed by atoms with Gasteiger partial charge in [0.2, 0.25) is 0 Å². The van der Waals surface area contributed by atoms with Crippen molar-refractivity contribution in [3.8, 4) is 0 Å². The second-order valence-corrected chi connectivity index (χ2v) is 18.6. The first-order valence-corrected chi connectivity index (χ1v) is 21.5. The van der Waals surface area contributed by atoms with Crippen LogP contribution < -0.4 is 5.32 Å². The Kier molecular flexibility index (Phi) is 12.6. The van der Waals surface area contributed by atoms with Crippen LogP contribution in [0.1, 0.15) is 97.9 Å². The van der Waals surface area contributed by atoms with E-state index in [1.807, 2.05) is 44.2 Å². The van der Waals surface area contributed by atoms with Crippen LogP contribution in [0.2, 0.25) is 0 Å². The summed E-state index contributed by atoms with van der Waals surface area (Å²) in [6.45, 7) is 11.4. The number of carbonyl (C=O) groups is 5. The molecule has 5 aliphatic rings. The highest BCUT2D eigenvalue weighted by Crippen LogP contribution is 2.67. The first-order valence-electron chi connectivity index (χ1n) is 21.5. The number of rotatable bonds is 13. The molecule has 3 saturated carbocycles. The maximum absolute atomic E-state index is 15.4. The van der Waals surface area contributed by atoms with Crippen molar-refractivity contribution in [3.63, 3.8) is 0 Å². The van der Waals surface area contributed by atoms with E-state index in [2.05, 4.69) is 5.32 Å². The molecular weight excluding hydrogens is 806 g/mol. The molecule has 1 aliphatic heterocycles.